The minimum absolute atomic E-state index is 0.247. The summed E-state index contributed by atoms with van der Waals surface area (Å²) in [5.41, 5.74) is 0. The Labute approximate surface area is 706 Å². The van der Waals surface area contributed by atoms with Gasteiger partial charge in [-0.25, -0.2) is 0 Å². The maximum Gasteiger partial charge on any atom is 0.220 e. The molecule has 116 heavy (non-hydrogen) atoms. The van der Waals surface area contributed by atoms with Gasteiger partial charge in [0.2, 0.25) is 5.91 Å². The average molecular weight is 1650 g/mol. The number of hydrogen-bond acceptors (Lipinski definition) is 18. The highest BCUT2D eigenvalue weighted by Gasteiger charge is 2.54. The van der Waals surface area contributed by atoms with Crippen molar-refractivity contribution >= 4 is 5.91 Å². The Morgan fingerprint density at radius 3 is 0.931 bits per heavy atom. The molecule has 3 aliphatic rings. The highest BCUT2D eigenvalue weighted by atomic mass is 16.8. The molecule has 0 aromatic heterocycles. The molecule has 0 aromatic carbocycles. The highest BCUT2D eigenvalue weighted by Crippen LogP contribution is 2.34. The lowest BCUT2D eigenvalue weighted by Crippen LogP contribution is -2.66. The van der Waals surface area contributed by atoms with E-state index in [1.807, 2.05) is 6.08 Å². The predicted octanol–water partition coefficient (Wildman–Crippen LogP) is 19.7. The molecule has 17 unspecified atom stereocenters. The molecular weight excluding hydrogens is 1470 g/mol. The Hall–Kier alpha value is -2.51. The van der Waals surface area contributed by atoms with Gasteiger partial charge in [0.05, 0.1) is 38.6 Å². The number of amides is 1. The van der Waals surface area contributed by atoms with Gasteiger partial charge in [0.25, 0.3) is 0 Å². The van der Waals surface area contributed by atoms with Crippen molar-refractivity contribution < 1.29 is 89.4 Å². The molecule has 0 spiro atoms. The van der Waals surface area contributed by atoms with Crippen LogP contribution >= 0.6 is 0 Å². The van der Waals surface area contributed by atoms with Gasteiger partial charge in [0.15, 0.2) is 18.9 Å². The van der Waals surface area contributed by atoms with Crippen molar-refractivity contribution in [3.8, 4) is 0 Å². The van der Waals surface area contributed by atoms with E-state index < -0.39 is 124 Å². The smallest absolute Gasteiger partial charge is 0.220 e. The van der Waals surface area contributed by atoms with Crippen LogP contribution in [0.15, 0.2) is 60.8 Å². The first-order valence-corrected chi connectivity index (χ1v) is 48.5. The fraction of sp³-hybridized carbons (Fsp3) is 0.887. The number of carbonyl (C=O) groups is 1. The minimum atomic E-state index is -1.98. The van der Waals surface area contributed by atoms with Gasteiger partial charge in [-0.2, -0.15) is 0 Å². The third-order valence-corrected chi connectivity index (χ3v) is 24.1. The van der Waals surface area contributed by atoms with Gasteiger partial charge in [-0.3, -0.25) is 4.79 Å². The number of nitrogens with one attached hydrogen (secondary N) is 1. The summed E-state index contributed by atoms with van der Waals surface area (Å²) in [6, 6.07) is -0.975. The van der Waals surface area contributed by atoms with Crippen molar-refractivity contribution in [1.82, 2.24) is 5.32 Å². The van der Waals surface area contributed by atoms with Gasteiger partial charge in [-0.1, -0.05) is 415 Å². The molecule has 3 fully saturated rings. The van der Waals surface area contributed by atoms with Crippen LogP contribution in [-0.2, 0) is 33.2 Å². The molecule has 3 heterocycles. The van der Waals surface area contributed by atoms with Crippen LogP contribution in [0.1, 0.15) is 418 Å². The Balaban J connectivity index is 1.29. The largest absolute Gasteiger partial charge is 0.394 e. The Bertz CT molecular complexity index is 2320. The number of aliphatic hydroxyl groups is 11. The van der Waals surface area contributed by atoms with Gasteiger partial charge in [-0.15, -0.1) is 0 Å². The van der Waals surface area contributed by atoms with E-state index in [9.17, 15) is 61.0 Å². The van der Waals surface area contributed by atoms with Crippen LogP contribution in [0.3, 0.4) is 0 Å². The van der Waals surface area contributed by atoms with Crippen LogP contribution in [0.5, 0.6) is 0 Å². The number of ether oxygens (including phenoxy) is 6. The van der Waals surface area contributed by atoms with E-state index in [0.29, 0.717) is 6.42 Å². The fourth-order valence-electron chi connectivity index (χ4n) is 16.4. The molecule has 12 N–H and O–H groups in total. The quantitative estimate of drug-likeness (QED) is 0.0199. The second kappa shape index (κ2) is 76.2. The molecule has 0 bridgehead atoms. The first-order valence-electron chi connectivity index (χ1n) is 48.5. The molecule has 0 aliphatic carbocycles. The first-order chi connectivity index (χ1) is 56.8. The maximum atomic E-state index is 13.6. The van der Waals surface area contributed by atoms with Crippen molar-refractivity contribution in [2.75, 3.05) is 26.4 Å². The maximum absolute atomic E-state index is 13.6. The number of aliphatic hydroxyl groups excluding tert-OH is 11. The normalized spacial score (nSPS) is 24.7. The van der Waals surface area contributed by atoms with Crippen LogP contribution in [0.4, 0.5) is 0 Å². The first kappa shape index (κ1) is 108. The van der Waals surface area contributed by atoms with E-state index in [2.05, 4.69) is 67.8 Å². The van der Waals surface area contributed by atoms with Gasteiger partial charge in [0, 0.05) is 6.42 Å². The zero-order valence-corrected chi connectivity index (χ0v) is 73.7. The summed E-state index contributed by atoms with van der Waals surface area (Å²) >= 11 is 0. The summed E-state index contributed by atoms with van der Waals surface area (Å²) in [4.78, 5) is 13.6. The summed E-state index contributed by atoms with van der Waals surface area (Å²) in [7, 11) is 0. The molecule has 19 nitrogen and oxygen atoms in total. The molecular formula is C97H179NO18. The monoisotopic (exact) mass is 1650 g/mol. The zero-order chi connectivity index (χ0) is 83.8. The fourth-order valence-corrected chi connectivity index (χ4v) is 16.4. The highest BCUT2D eigenvalue weighted by molar-refractivity contribution is 5.76. The van der Waals surface area contributed by atoms with E-state index in [1.165, 1.54) is 321 Å². The molecule has 0 radical (unpaired) electrons. The van der Waals surface area contributed by atoms with Gasteiger partial charge >= 0.3 is 0 Å². The topological polar surface area (TPSA) is 307 Å². The van der Waals surface area contributed by atoms with Crippen molar-refractivity contribution in [2.45, 2.75) is 523 Å². The van der Waals surface area contributed by atoms with E-state index in [0.717, 1.165) is 70.6 Å². The van der Waals surface area contributed by atoms with Crippen LogP contribution < -0.4 is 5.32 Å². The minimum Gasteiger partial charge on any atom is -0.394 e. The van der Waals surface area contributed by atoms with Crippen molar-refractivity contribution in [1.29, 1.82) is 0 Å². The van der Waals surface area contributed by atoms with E-state index in [4.69, 9.17) is 28.4 Å². The average Bonchev–Trinajstić information content (AvgIpc) is 0.779. The number of carbonyl (C=O) groups excluding carboxylic acids is 1. The SMILES string of the molecule is CC/C=C\C/C=C\C/C=C\C/C=C\CCCCCCCCCCCCCCCCCCCCCCCCCCCCC(=O)NC(COC1OC(CO)C(OC2OC(CO)C(OC3OC(CO)C(O)C(O)C3O)C(O)C2O)C(O)C1O)C(O)/C=C/CCCCCCCCCCCCCCCCCCCCCCCCCCCCCCCC. The Kier molecular flexibility index (Phi) is 70.7. The molecule has 680 valence electrons. The molecule has 1 amide bonds. The van der Waals surface area contributed by atoms with E-state index in [1.54, 1.807) is 6.08 Å². The summed E-state index contributed by atoms with van der Waals surface area (Å²) in [6.07, 6.45) is 75.4. The molecule has 3 saturated heterocycles. The summed E-state index contributed by atoms with van der Waals surface area (Å²) in [5, 5.41) is 121. The second-order valence-electron chi connectivity index (χ2n) is 34.5. The van der Waals surface area contributed by atoms with Crippen molar-refractivity contribution in [3.05, 3.63) is 60.8 Å². The lowest BCUT2D eigenvalue weighted by Gasteiger charge is -2.48. The lowest BCUT2D eigenvalue weighted by molar-refractivity contribution is -0.379. The van der Waals surface area contributed by atoms with Crippen LogP contribution in [-0.4, -0.2) is 193 Å². The molecule has 3 rings (SSSR count). The Morgan fingerprint density at radius 2 is 0.595 bits per heavy atom. The van der Waals surface area contributed by atoms with Crippen molar-refractivity contribution in [3.63, 3.8) is 0 Å². The summed E-state index contributed by atoms with van der Waals surface area (Å²) in [5.74, 6) is -0.267. The number of hydrogen-bond donors (Lipinski definition) is 12. The summed E-state index contributed by atoms with van der Waals surface area (Å²) in [6.45, 7) is 1.70. The summed E-state index contributed by atoms with van der Waals surface area (Å²) < 4.78 is 34.6. The molecule has 0 saturated carbocycles. The van der Waals surface area contributed by atoms with Crippen LogP contribution in [0.2, 0.25) is 0 Å². The Morgan fingerprint density at radius 1 is 0.319 bits per heavy atom. The third-order valence-electron chi connectivity index (χ3n) is 24.1. The van der Waals surface area contributed by atoms with Gasteiger partial charge in [-0.05, 0) is 57.8 Å². The second-order valence-corrected chi connectivity index (χ2v) is 34.5. The number of allylic oxidation sites excluding steroid dienone is 9. The predicted molar refractivity (Wildman–Crippen MR) is 471 cm³/mol. The molecule has 19 heteroatoms. The van der Waals surface area contributed by atoms with Crippen LogP contribution in [0.25, 0.3) is 0 Å². The van der Waals surface area contributed by atoms with Gasteiger partial charge < -0.3 is 89.9 Å². The molecule has 17 atom stereocenters. The third kappa shape index (κ3) is 53.5. The number of unbranched alkanes of at least 4 members (excludes halogenated alkanes) is 56. The standard InChI is InChI=1S/C97H179NO18/c1-3-5-7-9-11-13-15-17-19-21-23-25-27-29-31-33-35-37-38-39-40-41-42-43-45-47-49-51-53-55-57-59-61-63-65-67-69-71-73-75-85(103)98-80(81(102)74-72-70-68-66-64-62-60-58-56-54-52-50-48-46-44-36-34-32-30-28-26-24-22-20-18-16-14-12-10-8-6-4-2)79-111-95-91(109)88(106)93(83(77-100)113-95)116-97-92(110)89(107)94(84(78-101)114-97)115-96-90(108)87(105)86(104)82(76-99)112-96/h5,7,11,13,17,19,23,25,72,74,80-84,86-97,99-102,104-110H,3-4,6,8-10,12,14-16,18,20-22,24,26-71,73,75-79H2,1-2H3,(H,98,103)/b7-5-,13-11-,19-17-,25-23-,74-72+. The van der Waals surface area contributed by atoms with Crippen molar-refractivity contribution in [2.24, 2.45) is 0 Å². The number of rotatable bonds is 80. The van der Waals surface area contributed by atoms with E-state index >= 15 is 0 Å². The van der Waals surface area contributed by atoms with Crippen LogP contribution in [0, 0.1) is 0 Å². The van der Waals surface area contributed by atoms with E-state index in [-0.39, 0.29) is 18.9 Å². The zero-order valence-electron chi connectivity index (χ0n) is 73.7. The molecule has 0 aromatic rings. The lowest BCUT2D eigenvalue weighted by atomic mass is 9.96. The van der Waals surface area contributed by atoms with Gasteiger partial charge in [0.1, 0.15) is 73.2 Å². The molecule has 3 aliphatic heterocycles.